The highest BCUT2D eigenvalue weighted by molar-refractivity contribution is 7.89. The van der Waals surface area contributed by atoms with Gasteiger partial charge < -0.3 is 0 Å². The zero-order chi connectivity index (χ0) is 19.7. The van der Waals surface area contributed by atoms with Crippen LogP contribution in [-0.2, 0) is 29.4 Å². The molecule has 1 heterocycles. The van der Waals surface area contributed by atoms with Crippen LogP contribution in [0.2, 0.25) is 0 Å². The van der Waals surface area contributed by atoms with Crippen LogP contribution in [-0.4, -0.2) is 43.8 Å². The largest absolute Gasteiger partial charge is 0.296 e. The van der Waals surface area contributed by atoms with E-state index in [-0.39, 0.29) is 5.82 Å². The molecule has 1 fully saturated rings. The Bertz CT molecular complexity index is 1040. The van der Waals surface area contributed by atoms with Crippen molar-refractivity contribution in [3.63, 3.8) is 0 Å². The number of hydrogen-bond donors (Lipinski definition) is 0. The maximum atomic E-state index is 14.0. The molecule has 1 aliphatic heterocycles. The molecule has 0 N–H and O–H groups in total. The molecule has 0 aromatic heterocycles. The highest BCUT2D eigenvalue weighted by Crippen LogP contribution is 2.27. The Morgan fingerprint density at radius 3 is 2.50 bits per heavy atom. The van der Waals surface area contributed by atoms with Crippen LogP contribution in [0, 0.1) is 17.1 Å². The average Bonchev–Trinajstić information content (AvgIpc) is 3.18. The van der Waals surface area contributed by atoms with E-state index < -0.39 is 10.0 Å². The molecule has 0 spiro atoms. The minimum atomic E-state index is -3.51. The van der Waals surface area contributed by atoms with E-state index in [2.05, 4.69) is 0 Å². The van der Waals surface area contributed by atoms with Crippen LogP contribution >= 0.6 is 0 Å². The quantitative estimate of drug-likeness (QED) is 0.793. The van der Waals surface area contributed by atoms with Gasteiger partial charge in [0.05, 0.1) is 16.5 Å². The van der Waals surface area contributed by atoms with Crippen LogP contribution in [0.1, 0.15) is 28.7 Å². The van der Waals surface area contributed by atoms with Crippen LogP contribution < -0.4 is 0 Å². The number of hydrogen-bond acceptors (Lipinski definition) is 4. The van der Waals surface area contributed by atoms with Gasteiger partial charge in [0, 0.05) is 38.3 Å². The van der Waals surface area contributed by atoms with Crippen molar-refractivity contribution in [2.75, 3.05) is 26.2 Å². The van der Waals surface area contributed by atoms with Gasteiger partial charge >= 0.3 is 0 Å². The van der Waals surface area contributed by atoms with Gasteiger partial charge in [-0.05, 0) is 60.7 Å². The maximum absolute atomic E-state index is 14.0. The molecular weight excluding hydrogens is 377 g/mol. The summed E-state index contributed by atoms with van der Waals surface area (Å²) in [5.74, 6) is -0.341. The van der Waals surface area contributed by atoms with Gasteiger partial charge in [-0.1, -0.05) is 6.07 Å². The number of sulfonamides is 1. The standard InChI is InChI=1S/C21H22FN3O2S/c22-21-7-4-16(14-23)12-19(21)15-24-8-10-25(11-9-24)28(26,27)20-6-5-17-2-1-3-18(17)13-20/h4-7,12-13H,1-3,8-11,15H2. The van der Waals surface area contributed by atoms with Crippen LogP contribution in [0.15, 0.2) is 41.3 Å². The lowest BCUT2D eigenvalue weighted by Crippen LogP contribution is -2.48. The predicted molar refractivity (Wildman–Crippen MR) is 104 cm³/mol. The molecule has 1 saturated heterocycles. The summed E-state index contributed by atoms with van der Waals surface area (Å²) in [7, 11) is -3.51. The lowest BCUT2D eigenvalue weighted by molar-refractivity contribution is 0.180. The summed E-state index contributed by atoms with van der Waals surface area (Å²) in [4.78, 5) is 2.39. The second-order valence-electron chi connectivity index (χ2n) is 7.38. The maximum Gasteiger partial charge on any atom is 0.243 e. The van der Waals surface area contributed by atoms with Gasteiger partial charge in [-0.15, -0.1) is 0 Å². The first-order valence-electron chi connectivity index (χ1n) is 9.50. The SMILES string of the molecule is N#Cc1ccc(F)c(CN2CCN(S(=O)(=O)c3ccc4c(c3)CCC4)CC2)c1. The van der Waals surface area contributed by atoms with E-state index in [0.29, 0.717) is 48.7 Å². The average molecular weight is 399 g/mol. The Hall–Kier alpha value is -2.27. The van der Waals surface area contributed by atoms with E-state index >= 15 is 0 Å². The zero-order valence-electron chi connectivity index (χ0n) is 15.6. The topological polar surface area (TPSA) is 64.4 Å². The summed E-state index contributed by atoms with van der Waals surface area (Å²) in [6.07, 6.45) is 3.05. The minimum Gasteiger partial charge on any atom is -0.296 e. The number of benzene rings is 2. The molecular formula is C21H22FN3O2S. The van der Waals surface area contributed by atoms with Crippen molar-refractivity contribution in [1.82, 2.24) is 9.21 Å². The Labute approximate surface area is 165 Å². The lowest BCUT2D eigenvalue weighted by atomic mass is 10.1. The van der Waals surface area contributed by atoms with Crippen LogP contribution in [0.25, 0.3) is 0 Å². The second kappa shape index (κ2) is 7.63. The molecule has 2 aromatic carbocycles. The molecule has 5 nitrogen and oxygen atoms in total. The van der Waals surface area contributed by atoms with Gasteiger partial charge in [0.25, 0.3) is 0 Å². The molecule has 0 unspecified atom stereocenters. The molecule has 146 valence electrons. The zero-order valence-corrected chi connectivity index (χ0v) is 16.4. The Morgan fingerprint density at radius 2 is 1.75 bits per heavy atom. The summed E-state index contributed by atoms with van der Waals surface area (Å²) in [6, 6.07) is 11.8. The highest BCUT2D eigenvalue weighted by Gasteiger charge is 2.29. The molecule has 2 aliphatic rings. The van der Waals surface area contributed by atoms with Gasteiger partial charge in [-0.3, -0.25) is 4.90 Å². The van der Waals surface area contributed by atoms with E-state index in [1.54, 1.807) is 12.1 Å². The van der Waals surface area contributed by atoms with Crippen molar-refractivity contribution in [2.45, 2.75) is 30.7 Å². The third kappa shape index (κ3) is 3.68. The van der Waals surface area contributed by atoms with Crippen LogP contribution in [0.3, 0.4) is 0 Å². The van der Waals surface area contributed by atoms with Crippen molar-refractivity contribution in [1.29, 1.82) is 5.26 Å². The van der Waals surface area contributed by atoms with Gasteiger partial charge in [-0.2, -0.15) is 9.57 Å². The number of nitrogens with zero attached hydrogens (tertiary/aromatic N) is 3. The molecule has 0 atom stereocenters. The first kappa shape index (κ1) is 19.1. The van der Waals surface area contributed by atoms with E-state index in [9.17, 15) is 12.8 Å². The number of halogens is 1. The first-order valence-corrected chi connectivity index (χ1v) is 10.9. The van der Waals surface area contributed by atoms with Crippen LogP contribution in [0.4, 0.5) is 4.39 Å². The summed E-state index contributed by atoms with van der Waals surface area (Å²) >= 11 is 0. The third-order valence-corrected chi connectivity index (χ3v) is 7.50. The molecule has 7 heteroatoms. The second-order valence-corrected chi connectivity index (χ2v) is 9.32. The molecule has 1 aliphatic carbocycles. The van der Waals surface area contributed by atoms with E-state index in [0.717, 1.165) is 24.8 Å². The lowest BCUT2D eigenvalue weighted by Gasteiger charge is -2.34. The van der Waals surface area contributed by atoms with Crippen molar-refractivity contribution in [3.05, 3.63) is 64.5 Å². The Kier molecular flexibility index (Phi) is 5.19. The number of piperazine rings is 1. The summed E-state index contributed by atoms with van der Waals surface area (Å²) in [5, 5.41) is 8.99. The van der Waals surface area contributed by atoms with Crippen LogP contribution in [0.5, 0.6) is 0 Å². The molecule has 2 aromatic rings. The Balaban J connectivity index is 1.43. The first-order chi connectivity index (χ1) is 13.5. The van der Waals surface area contributed by atoms with Crippen molar-refractivity contribution < 1.29 is 12.8 Å². The number of fused-ring (bicyclic) bond motifs is 1. The fourth-order valence-corrected chi connectivity index (χ4v) is 5.47. The molecule has 0 radical (unpaired) electrons. The number of rotatable bonds is 4. The van der Waals surface area contributed by atoms with Gasteiger partial charge in [0.1, 0.15) is 5.82 Å². The van der Waals surface area contributed by atoms with E-state index in [4.69, 9.17) is 5.26 Å². The van der Waals surface area contributed by atoms with Crippen molar-refractivity contribution in [2.24, 2.45) is 0 Å². The van der Waals surface area contributed by atoms with Gasteiger partial charge in [0.2, 0.25) is 10.0 Å². The Morgan fingerprint density at radius 1 is 1.00 bits per heavy atom. The smallest absolute Gasteiger partial charge is 0.243 e. The number of nitriles is 1. The monoisotopic (exact) mass is 399 g/mol. The van der Waals surface area contributed by atoms with Crippen molar-refractivity contribution in [3.8, 4) is 6.07 Å². The molecule has 0 saturated carbocycles. The summed E-state index contributed by atoms with van der Waals surface area (Å²) in [5.41, 5.74) is 3.29. The normalized spacial score (nSPS) is 18.0. The third-order valence-electron chi connectivity index (χ3n) is 5.61. The predicted octanol–water partition coefficient (Wildman–Crippen LogP) is 2.69. The number of aryl methyl sites for hydroxylation is 2. The summed E-state index contributed by atoms with van der Waals surface area (Å²) < 4.78 is 41.5. The van der Waals surface area contributed by atoms with Gasteiger partial charge in [0.15, 0.2) is 0 Å². The van der Waals surface area contributed by atoms with E-state index in [1.165, 1.54) is 22.0 Å². The fourth-order valence-electron chi connectivity index (χ4n) is 3.99. The molecule has 0 amide bonds. The molecule has 4 rings (SSSR count). The summed E-state index contributed by atoms with van der Waals surface area (Å²) in [6.45, 7) is 2.17. The van der Waals surface area contributed by atoms with Crippen molar-refractivity contribution >= 4 is 10.0 Å². The minimum absolute atomic E-state index is 0.341. The molecule has 28 heavy (non-hydrogen) atoms. The fraction of sp³-hybridized carbons (Fsp3) is 0.381. The molecule has 0 bridgehead atoms. The highest BCUT2D eigenvalue weighted by atomic mass is 32.2. The van der Waals surface area contributed by atoms with Gasteiger partial charge in [-0.25, -0.2) is 12.8 Å². The van der Waals surface area contributed by atoms with E-state index in [1.807, 2.05) is 23.1 Å².